The number of fused-ring (bicyclic) bond motifs is 1. The molecule has 0 radical (unpaired) electrons. The van der Waals surface area contributed by atoms with Gasteiger partial charge in [-0.15, -0.1) is 11.3 Å². The predicted octanol–water partition coefficient (Wildman–Crippen LogP) is 3.97. The lowest BCUT2D eigenvalue weighted by Gasteiger charge is -2.29. The highest BCUT2D eigenvalue weighted by atomic mass is 32.1. The van der Waals surface area contributed by atoms with Crippen LogP contribution in [0.5, 0.6) is 0 Å². The Balaban J connectivity index is 1.88. The fourth-order valence-electron chi connectivity index (χ4n) is 4.46. The molecule has 1 saturated heterocycles. The summed E-state index contributed by atoms with van der Waals surface area (Å²) in [4.78, 5) is 21.4. The average molecular weight is 412 g/mol. The number of rotatable bonds is 4. The van der Waals surface area contributed by atoms with Crippen molar-refractivity contribution in [2.75, 3.05) is 18.0 Å². The minimum Gasteiger partial charge on any atom is -0.478 e. The molecule has 0 amide bonds. The Hall–Kier alpha value is -2.40. The molecule has 6 nitrogen and oxygen atoms in total. The predicted molar refractivity (Wildman–Crippen MR) is 113 cm³/mol. The molecule has 3 N–H and O–H groups in total. The number of carboxylic acid groups (broad SMARTS) is 1. The second-order valence-corrected chi connectivity index (χ2v) is 9.80. The van der Waals surface area contributed by atoms with E-state index in [1.54, 1.807) is 17.4 Å². The van der Waals surface area contributed by atoms with E-state index >= 15 is 0 Å². The van der Waals surface area contributed by atoms with E-state index in [0.717, 1.165) is 58.8 Å². The van der Waals surface area contributed by atoms with E-state index in [4.69, 9.17) is 10.7 Å². The number of carbonyl (C=O) groups is 1. The Kier molecular flexibility index (Phi) is 5.11. The van der Waals surface area contributed by atoms with Gasteiger partial charge in [-0.05, 0) is 54.9 Å². The van der Waals surface area contributed by atoms with Gasteiger partial charge in [0, 0.05) is 29.2 Å². The topological polar surface area (TPSA) is 99.6 Å². The monoisotopic (exact) mass is 411 g/mol. The van der Waals surface area contributed by atoms with Gasteiger partial charge in [0.15, 0.2) is 0 Å². The summed E-state index contributed by atoms with van der Waals surface area (Å²) in [6.45, 7) is 5.81. The van der Waals surface area contributed by atoms with E-state index in [2.05, 4.69) is 24.8 Å². The van der Waals surface area contributed by atoms with E-state index in [1.807, 2.05) is 12.1 Å². The number of anilines is 1. The van der Waals surface area contributed by atoms with Crippen LogP contribution in [0.1, 0.15) is 53.1 Å². The van der Waals surface area contributed by atoms with Crippen LogP contribution in [0.4, 0.5) is 5.69 Å². The van der Waals surface area contributed by atoms with Crippen LogP contribution in [0.25, 0.3) is 10.4 Å². The molecule has 29 heavy (non-hydrogen) atoms. The van der Waals surface area contributed by atoms with E-state index in [0.29, 0.717) is 17.7 Å². The molecular formula is C22H25N3O3S. The molecule has 1 aliphatic heterocycles. The molecule has 2 aliphatic rings. The summed E-state index contributed by atoms with van der Waals surface area (Å²) in [5.74, 6) is 4.48. The lowest BCUT2D eigenvalue weighted by molar-refractivity contribution is 0.0688. The van der Waals surface area contributed by atoms with Gasteiger partial charge >= 0.3 is 5.97 Å². The Labute approximate surface area is 174 Å². The first-order valence-electron chi connectivity index (χ1n) is 9.86. The molecule has 4 rings (SSSR count). The standard InChI is InChI=1S/C22H25N3O3S/c1-22(2)7-5-18-16(10-22)19(21(26)27)20(29-18)15-9-13(11-23)3-4-17(15)25-8-6-14(12-25)28-24/h3-4,9,14H,5-8,10,12,24H2,1-2H3,(H,26,27)/t14-/m1/s1. The van der Waals surface area contributed by atoms with Crippen LogP contribution < -0.4 is 10.8 Å². The van der Waals surface area contributed by atoms with E-state index < -0.39 is 5.97 Å². The Bertz CT molecular complexity index is 1010. The highest BCUT2D eigenvalue weighted by Gasteiger charge is 2.34. The van der Waals surface area contributed by atoms with E-state index in [1.165, 1.54) is 0 Å². The van der Waals surface area contributed by atoms with Gasteiger partial charge in [-0.2, -0.15) is 5.26 Å². The molecule has 0 bridgehead atoms. The van der Waals surface area contributed by atoms with Gasteiger partial charge in [-0.3, -0.25) is 4.84 Å². The van der Waals surface area contributed by atoms with E-state index in [-0.39, 0.29) is 11.5 Å². The molecule has 2 aromatic rings. The van der Waals surface area contributed by atoms with Crippen molar-refractivity contribution < 1.29 is 14.7 Å². The molecule has 0 saturated carbocycles. The number of aryl methyl sites for hydroxylation is 1. The van der Waals surface area contributed by atoms with Crippen molar-refractivity contribution >= 4 is 23.0 Å². The maximum Gasteiger partial charge on any atom is 0.337 e. The normalized spacial score (nSPS) is 20.3. The largest absolute Gasteiger partial charge is 0.478 e. The zero-order valence-electron chi connectivity index (χ0n) is 16.7. The van der Waals surface area contributed by atoms with Crippen LogP contribution in [-0.2, 0) is 17.7 Å². The lowest BCUT2D eigenvalue weighted by Crippen LogP contribution is -2.25. The fourth-order valence-corrected chi connectivity index (χ4v) is 5.79. The Morgan fingerprint density at radius 1 is 1.45 bits per heavy atom. The first-order chi connectivity index (χ1) is 13.8. The second-order valence-electron chi connectivity index (χ2n) is 8.69. The lowest BCUT2D eigenvalue weighted by atomic mass is 9.76. The number of nitriles is 1. The van der Waals surface area contributed by atoms with Gasteiger partial charge in [0.1, 0.15) is 0 Å². The molecule has 1 atom stereocenters. The van der Waals surface area contributed by atoms with Crippen molar-refractivity contribution in [1.29, 1.82) is 5.26 Å². The molecule has 7 heteroatoms. The first-order valence-corrected chi connectivity index (χ1v) is 10.7. The molecule has 152 valence electrons. The summed E-state index contributed by atoms with van der Waals surface area (Å²) >= 11 is 1.57. The number of nitrogens with zero attached hydrogens (tertiary/aromatic N) is 2. The van der Waals surface area contributed by atoms with Crippen LogP contribution in [0.2, 0.25) is 0 Å². The second kappa shape index (κ2) is 7.45. The third kappa shape index (κ3) is 3.64. The summed E-state index contributed by atoms with van der Waals surface area (Å²) in [5, 5.41) is 19.5. The smallest absolute Gasteiger partial charge is 0.337 e. The first kappa shape index (κ1) is 19.9. The molecule has 1 fully saturated rings. The number of benzene rings is 1. The molecule has 0 spiro atoms. The fraction of sp³-hybridized carbons (Fsp3) is 0.455. The Morgan fingerprint density at radius 3 is 2.90 bits per heavy atom. The average Bonchev–Trinajstić information content (AvgIpc) is 3.30. The maximum absolute atomic E-state index is 12.3. The van der Waals surface area contributed by atoms with Gasteiger partial charge in [0.05, 0.1) is 28.2 Å². The summed E-state index contributed by atoms with van der Waals surface area (Å²) in [7, 11) is 0. The maximum atomic E-state index is 12.3. The quantitative estimate of drug-likeness (QED) is 0.739. The van der Waals surface area contributed by atoms with Crippen molar-refractivity contribution in [2.45, 2.75) is 45.6 Å². The summed E-state index contributed by atoms with van der Waals surface area (Å²) < 4.78 is 0. The Morgan fingerprint density at radius 2 is 2.24 bits per heavy atom. The highest BCUT2D eigenvalue weighted by molar-refractivity contribution is 7.16. The molecular weight excluding hydrogens is 386 g/mol. The van der Waals surface area contributed by atoms with Crippen molar-refractivity contribution in [3.05, 3.63) is 39.8 Å². The molecule has 1 aliphatic carbocycles. The molecule has 1 aromatic carbocycles. The van der Waals surface area contributed by atoms with Crippen molar-refractivity contribution in [1.82, 2.24) is 0 Å². The van der Waals surface area contributed by atoms with Crippen molar-refractivity contribution in [2.24, 2.45) is 11.3 Å². The van der Waals surface area contributed by atoms with Gasteiger partial charge in [-0.1, -0.05) is 13.8 Å². The van der Waals surface area contributed by atoms with Crippen LogP contribution in [-0.4, -0.2) is 30.3 Å². The third-order valence-corrected chi connectivity index (χ3v) is 7.36. The number of carboxylic acids is 1. The number of aromatic carboxylic acids is 1. The van der Waals surface area contributed by atoms with Crippen molar-refractivity contribution in [3.8, 4) is 16.5 Å². The summed E-state index contributed by atoms with van der Waals surface area (Å²) in [6, 6.07) is 7.71. The SMILES string of the molecule is CC1(C)CCc2sc(-c3cc(C#N)ccc3N3CC[C@@H](ON)C3)c(C(=O)O)c2C1. The van der Waals surface area contributed by atoms with Gasteiger partial charge in [0.2, 0.25) is 0 Å². The van der Waals surface area contributed by atoms with Crippen LogP contribution >= 0.6 is 11.3 Å². The number of nitrogens with two attached hydrogens (primary N) is 1. The number of hydrogen-bond donors (Lipinski definition) is 2. The van der Waals surface area contributed by atoms with Crippen molar-refractivity contribution in [3.63, 3.8) is 0 Å². The summed E-state index contributed by atoms with van der Waals surface area (Å²) in [6.07, 6.45) is 3.48. The summed E-state index contributed by atoms with van der Waals surface area (Å²) in [5.41, 5.74) is 3.73. The minimum atomic E-state index is -0.895. The van der Waals surface area contributed by atoms with Gasteiger partial charge < -0.3 is 10.0 Å². The minimum absolute atomic E-state index is 0.0465. The molecule has 0 unspecified atom stereocenters. The zero-order valence-corrected chi connectivity index (χ0v) is 17.5. The van der Waals surface area contributed by atoms with Gasteiger partial charge in [-0.25, -0.2) is 10.7 Å². The number of hydrogen-bond acceptors (Lipinski definition) is 6. The third-order valence-electron chi connectivity index (χ3n) is 6.04. The van der Waals surface area contributed by atoms with E-state index in [9.17, 15) is 15.2 Å². The zero-order chi connectivity index (χ0) is 20.8. The van der Waals surface area contributed by atoms with Crippen LogP contribution in [0.3, 0.4) is 0 Å². The van der Waals surface area contributed by atoms with Gasteiger partial charge in [0.25, 0.3) is 0 Å². The van der Waals surface area contributed by atoms with Crippen LogP contribution in [0, 0.1) is 16.7 Å². The highest BCUT2D eigenvalue weighted by Crippen LogP contribution is 2.47. The number of thiophene rings is 1. The van der Waals surface area contributed by atoms with Crippen LogP contribution in [0.15, 0.2) is 18.2 Å². The molecule has 1 aromatic heterocycles. The molecule has 2 heterocycles.